The smallest absolute Gasteiger partial charge is 0.123 e. The van der Waals surface area contributed by atoms with E-state index in [1.54, 1.807) is 12.1 Å². The number of benzene rings is 2. The molecule has 1 aliphatic rings. The maximum atomic E-state index is 13.6. The van der Waals surface area contributed by atoms with E-state index < -0.39 is 0 Å². The average molecular weight is 433 g/mol. The van der Waals surface area contributed by atoms with E-state index in [-0.39, 0.29) is 5.82 Å². The molecule has 0 amide bonds. The number of fused-ring (bicyclic) bond motifs is 1. The SMILES string of the molecule is C=CCCN(CCCC)CC1=Nc2ccc(C(=CC)c3ccc(F)cc3C)cc2CCC1. The number of aryl methyl sites for hydroxylation is 2. The molecule has 2 aromatic rings. The Kier molecular flexibility index (Phi) is 8.99. The molecule has 1 heterocycles. The summed E-state index contributed by atoms with van der Waals surface area (Å²) in [5.74, 6) is -0.188. The maximum absolute atomic E-state index is 13.6. The van der Waals surface area contributed by atoms with Crippen molar-refractivity contribution in [3.63, 3.8) is 0 Å². The van der Waals surface area contributed by atoms with Crippen molar-refractivity contribution in [3.8, 4) is 0 Å². The molecule has 0 saturated carbocycles. The van der Waals surface area contributed by atoms with Gasteiger partial charge in [0.1, 0.15) is 5.82 Å². The highest BCUT2D eigenvalue weighted by molar-refractivity contribution is 5.90. The van der Waals surface area contributed by atoms with Crippen molar-refractivity contribution < 1.29 is 4.39 Å². The zero-order chi connectivity index (χ0) is 22.9. The monoisotopic (exact) mass is 432 g/mol. The fourth-order valence-corrected chi connectivity index (χ4v) is 4.48. The third kappa shape index (κ3) is 6.26. The summed E-state index contributed by atoms with van der Waals surface area (Å²) in [6.07, 6.45) is 10.8. The van der Waals surface area contributed by atoms with E-state index in [1.165, 1.54) is 29.7 Å². The van der Waals surface area contributed by atoms with Crippen LogP contribution in [-0.4, -0.2) is 30.2 Å². The number of aliphatic imine (C=N–C) groups is 1. The van der Waals surface area contributed by atoms with Crippen LogP contribution < -0.4 is 0 Å². The largest absolute Gasteiger partial charge is 0.298 e. The van der Waals surface area contributed by atoms with Crippen LogP contribution >= 0.6 is 0 Å². The number of allylic oxidation sites excluding steroid dienone is 1. The number of unbranched alkanes of at least 4 members (excludes halogenated alkanes) is 1. The third-order valence-corrected chi connectivity index (χ3v) is 6.23. The molecule has 3 heteroatoms. The van der Waals surface area contributed by atoms with Crippen LogP contribution in [0.1, 0.15) is 68.2 Å². The second-order valence-electron chi connectivity index (χ2n) is 8.74. The van der Waals surface area contributed by atoms with E-state index in [1.807, 2.05) is 26.0 Å². The molecule has 2 nitrogen and oxygen atoms in total. The van der Waals surface area contributed by atoms with Crippen molar-refractivity contribution in [2.75, 3.05) is 19.6 Å². The summed E-state index contributed by atoms with van der Waals surface area (Å²) in [5.41, 5.74) is 8.07. The lowest BCUT2D eigenvalue weighted by Gasteiger charge is -2.22. The Morgan fingerprint density at radius 3 is 2.72 bits per heavy atom. The summed E-state index contributed by atoms with van der Waals surface area (Å²) in [6, 6.07) is 11.6. The zero-order valence-electron chi connectivity index (χ0n) is 20.0. The highest BCUT2D eigenvalue weighted by Gasteiger charge is 2.16. The first-order valence-corrected chi connectivity index (χ1v) is 12.0. The Morgan fingerprint density at radius 1 is 1.16 bits per heavy atom. The van der Waals surface area contributed by atoms with Crippen LogP contribution in [-0.2, 0) is 6.42 Å². The summed E-state index contributed by atoms with van der Waals surface area (Å²) in [4.78, 5) is 7.63. The van der Waals surface area contributed by atoms with Crippen LogP contribution in [0.15, 0.2) is 60.1 Å². The topological polar surface area (TPSA) is 15.6 Å². The summed E-state index contributed by atoms with van der Waals surface area (Å²) in [6.45, 7) is 13.3. The van der Waals surface area contributed by atoms with Gasteiger partial charge in [-0.25, -0.2) is 4.39 Å². The molecule has 1 aliphatic heterocycles. The second-order valence-corrected chi connectivity index (χ2v) is 8.74. The second kappa shape index (κ2) is 11.9. The minimum absolute atomic E-state index is 0.188. The van der Waals surface area contributed by atoms with Crippen molar-refractivity contribution >= 4 is 17.0 Å². The van der Waals surface area contributed by atoms with E-state index in [4.69, 9.17) is 4.99 Å². The van der Waals surface area contributed by atoms with E-state index in [0.717, 1.165) is 67.7 Å². The predicted octanol–water partition coefficient (Wildman–Crippen LogP) is 7.67. The quantitative estimate of drug-likeness (QED) is 0.352. The van der Waals surface area contributed by atoms with Crippen molar-refractivity contribution in [1.82, 2.24) is 4.90 Å². The lowest BCUT2D eigenvalue weighted by molar-refractivity contribution is 0.310. The van der Waals surface area contributed by atoms with E-state index in [9.17, 15) is 4.39 Å². The van der Waals surface area contributed by atoms with Crippen LogP contribution in [0.5, 0.6) is 0 Å². The van der Waals surface area contributed by atoms with Gasteiger partial charge in [-0.05, 0) is 105 Å². The molecular weight excluding hydrogens is 395 g/mol. The Balaban J connectivity index is 1.84. The average Bonchev–Trinajstić information content (AvgIpc) is 2.98. The highest BCUT2D eigenvalue weighted by atomic mass is 19.1. The standard InChI is InChI=1S/C29H37FN2/c1-5-8-17-32(18-9-6-2)21-26-12-10-11-24-20-23(13-16-29(24)31-26)27(7-3)28-15-14-25(30)19-22(28)4/h5,7,13-16,19-20H,1,6,8-12,17-18,21H2,2-4H3. The highest BCUT2D eigenvalue weighted by Crippen LogP contribution is 2.32. The summed E-state index contributed by atoms with van der Waals surface area (Å²) in [7, 11) is 0. The van der Waals surface area contributed by atoms with E-state index in [2.05, 4.69) is 42.7 Å². The minimum atomic E-state index is -0.188. The molecule has 0 bridgehead atoms. The first-order chi connectivity index (χ1) is 15.5. The zero-order valence-corrected chi connectivity index (χ0v) is 20.0. The molecule has 0 radical (unpaired) electrons. The molecular formula is C29H37FN2. The van der Waals surface area contributed by atoms with Gasteiger partial charge in [0, 0.05) is 18.8 Å². The predicted molar refractivity (Wildman–Crippen MR) is 137 cm³/mol. The first-order valence-electron chi connectivity index (χ1n) is 12.0. The number of rotatable bonds is 10. The van der Waals surface area contributed by atoms with Crippen molar-refractivity contribution in [3.05, 3.63) is 83.2 Å². The van der Waals surface area contributed by atoms with Crippen molar-refractivity contribution in [2.24, 2.45) is 4.99 Å². The van der Waals surface area contributed by atoms with E-state index in [0.29, 0.717) is 0 Å². The van der Waals surface area contributed by atoms with Gasteiger partial charge >= 0.3 is 0 Å². The summed E-state index contributed by atoms with van der Waals surface area (Å²) >= 11 is 0. The van der Waals surface area contributed by atoms with Crippen LogP contribution in [0, 0.1) is 12.7 Å². The van der Waals surface area contributed by atoms with Gasteiger partial charge in [0.15, 0.2) is 0 Å². The number of halogens is 1. The van der Waals surface area contributed by atoms with Gasteiger partial charge in [-0.2, -0.15) is 0 Å². The van der Waals surface area contributed by atoms with Gasteiger partial charge in [-0.3, -0.25) is 9.89 Å². The Hall–Kier alpha value is -2.52. The first kappa shape index (κ1) is 24.1. The Bertz CT molecular complexity index is 987. The maximum Gasteiger partial charge on any atom is 0.123 e. The molecule has 170 valence electrons. The van der Waals surface area contributed by atoms with Gasteiger partial charge in [-0.1, -0.05) is 37.6 Å². The minimum Gasteiger partial charge on any atom is -0.298 e. The van der Waals surface area contributed by atoms with Crippen molar-refractivity contribution in [1.29, 1.82) is 0 Å². The molecule has 0 N–H and O–H groups in total. The summed E-state index contributed by atoms with van der Waals surface area (Å²) < 4.78 is 13.6. The molecule has 2 aromatic carbocycles. The van der Waals surface area contributed by atoms with Gasteiger partial charge in [0.25, 0.3) is 0 Å². The molecule has 3 rings (SSSR count). The van der Waals surface area contributed by atoms with Gasteiger partial charge in [-0.15, -0.1) is 6.58 Å². The molecule has 32 heavy (non-hydrogen) atoms. The fraction of sp³-hybridized carbons (Fsp3) is 0.414. The summed E-state index contributed by atoms with van der Waals surface area (Å²) in [5, 5.41) is 0. The molecule has 0 atom stereocenters. The van der Waals surface area contributed by atoms with Crippen LogP contribution in [0.4, 0.5) is 10.1 Å². The molecule has 0 saturated heterocycles. The lowest BCUT2D eigenvalue weighted by atomic mass is 9.92. The van der Waals surface area contributed by atoms with E-state index >= 15 is 0 Å². The van der Waals surface area contributed by atoms with Crippen LogP contribution in [0.25, 0.3) is 5.57 Å². The Labute approximate surface area is 193 Å². The fourth-order valence-electron chi connectivity index (χ4n) is 4.48. The number of hydrogen-bond acceptors (Lipinski definition) is 2. The van der Waals surface area contributed by atoms with Gasteiger partial charge in [0.2, 0.25) is 0 Å². The molecule has 0 spiro atoms. The molecule has 0 aliphatic carbocycles. The van der Waals surface area contributed by atoms with Crippen LogP contribution in [0.2, 0.25) is 0 Å². The molecule has 0 aromatic heterocycles. The number of nitrogens with zero attached hydrogens (tertiary/aromatic N) is 2. The molecule has 0 unspecified atom stereocenters. The lowest BCUT2D eigenvalue weighted by Crippen LogP contribution is -2.31. The number of hydrogen-bond donors (Lipinski definition) is 0. The van der Waals surface area contributed by atoms with Crippen LogP contribution in [0.3, 0.4) is 0 Å². The molecule has 0 fully saturated rings. The van der Waals surface area contributed by atoms with Gasteiger partial charge < -0.3 is 0 Å². The van der Waals surface area contributed by atoms with Crippen molar-refractivity contribution in [2.45, 2.75) is 59.3 Å². The normalized spacial score (nSPS) is 14.2. The Morgan fingerprint density at radius 2 is 2.00 bits per heavy atom. The van der Waals surface area contributed by atoms with Gasteiger partial charge in [0.05, 0.1) is 5.69 Å². The third-order valence-electron chi connectivity index (χ3n) is 6.23.